The van der Waals surface area contributed by atoms with Crippen LogP contribution in [0.1, 0.15) is 18.7 Å². The van der Waals surface area contributed by atoms with Crippen LogP contribution >= 0.6 is 0 Å². The Morgan fingerprint density at radius 1 is 1.12 bits per heavy atom. The van der Waals surface area contributed by atoms with Crippen molar-refractivity contribution in [3.05, 3.63) is 30.6 Å². The fourth-order valence-corrected chi connectivity index (χ4v) is 1.49. The lowest BCUT2D eigenvalue weighted by Crippen LogP contribution is -1.99. The van der Waals surface area contributed by atoms with Crippen molar-refractivity contribution in [2.45, 2.75) is 19.3 Å². The number of hydrogen-bond acceptors (Lipinski definition) is 4. The van der Waals surface area contributed by atoms with Crippen molar-refractivity contribution in [2.24, 2.45) is 5.73 Å². The molecule has 0 radical (unpaired) electrons. The third-order valence-electron chi connectivity index (χ3n) is 2.34. The second-order valence-electron chi connectivity index (χ2n) is 3.58. The highest BCUT2D eigenvalue weighted by Crippen LogP contribution is 2.12. The molecule has 2 aromatic rings. The van der Waals surface area contributed by atoms with Gasteiger partial charge in [-0.3, -0.25) is 9.97 Å². The van der Waals surface area contributed by atoms with Crippen LogP contribution in [0.15, 0.2) is 24.8 Å². The summed E-state index contributed by atoms with van der Waals surface area (Å²) in [7, 11) is 0. The van der Waals surface area contributed by atoms with E-state index in [1.165, 1.54) is 0 Å². The van der Waals surface area contributed by atoms with Gasteiger partial charge in [-0.25, -0.2) is 4.98 Å². The quantitative estimate of drug-likeness (QED) is 0.736. The Morgan fingerprint density at radius 3 is 2.81 bits per heavy atom. The molecule has 0 saturated heterocycles. The molecule has 0 bridgehead atoms. The van der Waals surface area contributed by atoms with Crippen LogP contribution in [-0.4, -0.2) is 26.5 Å². The first kappa shape index (κ1) is 10.8. The summed E-state index contributed by atoms with van der Waals surface area (Å²) in [6, 6.07) is 0. The topological polar surface area (TPSA) is 80.5 Å². The predicted molar refractivity (Wildman–Crippen MR) is 61.6 cm³/mol. The molecule has 0 aromatic carbocycles. The number of nitrogens with zero attached hydrogens (tertiary/aromatic N) is 3. The van der Waals surface area contributed by atoms with Gasteiger partial charge in [0.1, 0.15) is 11.5 Å². The van der Waals surface area contributed by atoms with Gasteiger partial charge in [0.2, 0.25) is 0 Å². The zero-order valence-electron chi connectivity index (χ0n) is 9.06. The summed E-state index contributed by atoms with van der Waals surface area (Å²) in [5.74, 6) is 0.981. The predicted octanol–water partition coefficient (Wildman–Crippen LogP) is 1.15. The summed E-state index contributed by atoms with van der Waals surface area (Å²) in [6.45, 7) is 0.734. The smallest absolute Gasteiger partial charge is 0.106 e. The molecule has 0 aliphatic carbocycles. The van der Waals surface area contributed by atoms with Crippen molar-refractivity contribution in [1.29, 1.82) is 0 Å². The van der Waals surface area contributed by atoms with E-state index in [-0.39, 0.29) is 0 Å². The van der Waals surface area contributed by atoms with E-state index in [1.54, 1.807) is 24.8 Å². The standard InChI is InChI=1S/C11H15N5/c12-4-2-1-3-11-15-8-10(16-11)9-7-13-5-6-14-9/h5-8H,1-4,12H2,(H,15,16). The molecule has 0 atom stereocenters. The van der Waals surface area contributed by atoms with E-state index in [2.05, 4.69) is 19.9 Å². The summed E-state index contributed by atoms with van der Waals surface area (Å²) in [5, 5.41) is 0. The van der Waals surface area contributed by atoms with E-state index in [9.17, 15) is 0 Å². The third kappa shape index (κ3) is 2.64. The molecule has 0 unspecified atom stereocenters. The van der Waals surface area contributed by atoms with Crippen LogP contribution in [0.3, 0.4) is 0 Å². The number of hydrogen-bond donors (Lipinski definition) is 2. The first-order valence-corrected chi connectivity index (χ1v) is 5.40. The fourth-order valence-electron chi connectivity index (χ4n) is 1.49. The van der Waals surface area contributed by atoms with Gasteiger partial charge in [-0.1, -0.05) is 0 Å². The average Bonchev–Trinajstić information content (AvgIpc) is 2.79. The largest absolute Gasteiger partial charge is 0.341 e. The minimum Gasteiger partial charge on any atom is -0.341 e. The summed E-state index contributed by atoms with van der Waals surface area (Å²) in [5.41, 5.74) is 7.17. The lowest BCUT2D eigenvalue weighted by Gasteiger charge is -1.96. The highest BCUT2D eigenvalue weighted by atomic mass is 14.9. The molecule has 0 amide bonds. The normalized spacial score (nSPS) is 10.6. The van der Waals surface area contributed by atoms with Gasteiger partial charge < -0.3 is 10.7 Å². The zero-order valence-corrected chi connectivity index (χ0v) is 9.06. The molecule has 0 saturated carbocycles. The van der Waals surface area contributed by atoms with Crippen molar-refractivity contribution in [1.82, 2.24) is 19.9 Å². The van der Waals surface area contributed by atoms with Gasteiger partial charge in [0.05, 0.1) is 18.1 Å². The lowest BCUT2D eigenvalue weighted by atomic mass is 10.2. The maximum absolute atomic E-state index is 5.44. The van der Waals surface area contributed by atoms with Crippen LogP contribution in [-0.2, 0) is 6.42 Å². The number of nitrogens with one attached hydrogen (secondary N) is 1. The molecule has 0 spiro atoms. The molecule has 84 valence electrons. The summed E-state index contributed by atoms with van der Waals surface area (Å²) in [6.07, 6.45) is 9.85. The van der Waals surface area contributed by atoms with Crippen LogP contribution < -0.4 is 5.73 Å². The molecule has 0 aliphatic rings. The molecular weight excluding hydrogens is 202 g/mol. The monoisotopic (exact) mass is 217 g/mol. The Hall–Kier alpha value is -1.75. The molecule has 5 heteroatoms. The first-order chi connectivity index (χ1) is 7.90. The average molecular weight is 217 g/mol. The maximum atomic E-state index is 5.44. The molecule has 0 aliphatic heterocycles. The number of unbranched alkanes of at least 4 members (excludes halogenated alkanes) is 1. The Balaban J connectivity index is 2.02. The van der Waals surface area contributed by atoms with E-state index in [1.807, 2.05) is 0 Å². The number of aromatic amines is 1. The van der Waals surface area contributed by atoms with Crippen LogP contribution in [0, 0.1) is 0 Å². The van der Waals surface area contributed by atoms with E-state index in [0.29, 0.717) is 0 Å². The third-order valence-corrected chi connectivity index (χ3v) is 2.34. The number of aryl methyl sites for hydroxylation is 1. The first-order valence-electron chi connectivity index (χ1n) is 5.40. The van der Waals surface area contributed by atoms with Crippen molar-refractivity contribution in [2.75, 3.05) is 6.54 Å². The van der Waals surface area contributed by atoms with Gasteiger partial charge >= 0.3 is 0 Å². The van der Waals surface area contributed by atoms with Gasteiger partial charge in [-0.05, 0) is 19.4 Å². The van der Waals surface area contributed by atoms with Crippen molar-refractivity contribution in [3.8, 4) is 11.4 Å². The second-order valence-corrected chi connectivity index (χ2v) is 3.58. The van der Waals surface area contributed by atoms with E-state index < -0.39 is 0 Å². The van der Waals surface area contributed by atoms with Crippen molar-refractivity contribution >= 4 is 0 Å². The fraction of sp³-hybridized carbons (Fsp3) is 0.364. The van der Waals surface area contributed by atoms with Crippen molar-refractivity contribution < 1.29 is 0 Å². The number of rotatable bonds is 5. The Kier molecular flexibility index (Phi) is 3.61. The van der Waals surface area contributed by atoms with Gasteiger partial charge in [0, 0.05) is 18.8 Å². The molecule has 2 aromatic heterocycles. The summed E-state index contributed by atoms with van der Waals surface area (Å²) in [4.78, 5) is 15.8. The number of H-pyrrole nitrogens is 1. The molecule has 16 heavy (non-hydrogen) atoms. The van der Waals surface area contributed by atoms with Crippen LogP contribution in [0.5, 0.6) is 0 Å². The number of aromatic nitrogens is 4. The van der Waals surface area contributed by atoms with Crippen LogP contribution in [0.25, 0.3) is 11.4 Å². The molecule has 5 nitrogen and oxygen atoms in total. The van der Waals surface area contributed by atoms with E-state index in [0.717, 1.165) is 43.0 Å². The highest BCUT2D eigenvalue weighted by molar-refractivity contribution is 5.51. The molecule has 2 rings (SSSR count). The van der Waals surface area contributed by atoms with E-state index >= 15 is 0 Å². The minimum atomic E-state index is 0.734. The lowest BCUT2D eigenvalue weighted by molar-refractivity contribution is 0.723. The molecular formula is C11H15N5. The van der Waals surface area contributed by atoms with E-state index in [4.69, 9.17) is 5.73 Å². The van der Waals surface area contributed by atoms with Gasteiger partial charge in [-0.15, -0.1) is 0 Å². The van der Waals surface area contributed by atoms with Gasteiger partial charge in [0.15, 0.2) is 0 Å². The van der Waals surface area contributed by atoms with Gasteiger partial charge in [-0.2, -0.15) is 0 Å². The van der Waals surface area contributed by atoms with Crippen LogP contribution in [0.4, 0.5) is 0 Å². The number of imidazole rings is 1. The number of nitrogens with two attached hydrogens (primary N) is 1. The van der Waals surface area contributed by atoms with Gasteiger partial charge in [0.25, 0.3) is 0 Å². The zero-order chi connectivity index (χ0) is 11.2. The summed E-state index contributed by atoms with van der Waals surface area (Å²) >= 11 is 0. The second kappa shape index (κ2) is 5.37. The Bertz CT molecular complexity index is 423. The Morgan fingerprint density at radius 2 is 2.06 bits per heavy atom. The summed E-state index contributed by atoms with van der Waals surface area (Å²) < 4.78 is 0. The highest BCUT2D eigenvalue weighted by Gasteiger charge is 2.03. The molecule has 3 N–H and O–H groups in total. The minimum absolute atomic E-state index is 0.734. The SMILES string of the molecule is NCCCCc1ncc(-c2cnccn2)[nH]1. The Labute approximate surface area is 94.2 Å². The maximum Gasteiger partial charge on any atom is 0.106 e. The van der Waals surface area contributed by atoms with Crippen molar-refractivity contribution in [3.63, 3.8) is 0 Å². The molecule has 2 heterocycles. The molecule has 0 fully saturated rings. The van der Waals surface area contributed by atoms with Crippen LogP contribution in [0.2, 0.25) is 0 Å².